The highest BCUT2D eigenvalue weighted by atomic mass is 16.2. The zero-order valence-electron chi connectivity index (χ0n) is 17.0. The highest BCUT2D eigenvalue weighted by Crippen LogP contribution is 2.36. The fraction of sp³-hybridized carbons (Fsp3) is 0.320. The van der Waals surface area contributed by atoms with E-state index in [9.17, 15) is 14.4 Å². The third kappa shape index (κ3) is 3.80. The summed E-state index contributed by atoms with van der Waals surface area (Å²) in [7, 11) is 0. The van der Waals surface area contributed by atoms with E-state index in [2.05, 4.69) is 5.32 Å². The number of likely N-dealkylation sites (tertiary alicyclic amines) is 1. The van der Waals surface area contributed by atoms with Crippen molar-refractivity contribution >= 4 is 17.7 Å². The number of nitrogens with zero attached hydrogens (tertiary/aromatic N) is 1. The van der Waals surface area contributed by atoms with E-state index >= 15 is 0 Å². The number of carbonyl (C=O) groups excluding carboxylic acids is 3. The van der Waals surface area contributed by atoms with E-state index < -0.39 is 6.04 Å². The Morgan fingerprint density at radius 2 is 1.37 bits per heavy atom. The van der Waals surface area contributed by atoms with E-state index in [4.69, 9.17) is 0 Å². The van der Waals surface area contributed by atoms with Crippen LogP contribution >= 0.6 is 0 Å². The van der Waals surface area contributed by atoms with Crippen LogP contribution in [-0.2, 0) is 14.4 Å². The van der Waals surface area contributed by atoms with Crippen molar-refractivity contribution < 1.29 is 14.4 Å². The summed E-state index contributed by atoms with van der Waals surface area (Å²) >= 11 is 0. The fourth-order valence-corrected chi connectivity index (χ4v) is 4.47. The summed E-state index contributed by atoms with van der Waals surface area (Å²) in [6.45, 7) is 2.03. The van der Waals surface area contributed by atoms with Crippen molar-refractivity contribution in [3.63, 3.8) is 0 Å². The van der Waals surface area contributed by atoms with Crippen molar-refractivity contribution in [3.8, 4) is 0 Å². The number of nitrogens with one attached hydrogen (secondary N) is 1. The van der Waals surface area contributed by atoms with Gasteiger partial charge < -0.3 is 5.32 Å². The van der Waals surface area contributed by atoms with Crippen LogP contribution in [0.5, 0.6) is 0 Å². The molecule has 4 rings (SSSR count). The molecule has 154 valence electrons. The zero-order valence-corrected chi connectivity index (χ0v) is 17.0. The molecule has 2 aromatic carbocycles. The maximum atomic E-state index is 12.9. The van der Waals surface area contributed by atoms with E-state index in [1.54, 1.807) is 6.92 Å². The Morgan fingerprint density at radius 1 is 0.900 bits per heavy atom. The molecule has 5 nitrogen and oxygen atoms in total. The molecule has 1 heterocycles. The minimum Gasteiger partial charge on any atom is -0.353 e. The molecule has 2 aromatic rings. The van der Waals surface area contributed by atoms with Crippen LogP contribution in [0.4, 0.5) is 0 Å². The number of hydrogen-bond donors (Lipinski definition) is 1. The first kappa shape index (κ1) is 20.1. The van der Waals surface area contributed by atoms with Crippen LogP contribution in [0.1, 0.15) is 36.8 Å². The summed E-state index contributed by atoms with van der Waals surface area (Å²) in [5.41, 5.74) is 2.20. The first-order valence-electron chi connectivity index (χ1n) is 10.5. The largest absolute Gasteiger partial charge is 0.353 e. The van der Waals surface area contributed by atoms with Gasteiger partial charge in [0, 0.05) is 12.5 Å². The lowest BCUT2D eigenvalue weighted by Crippen LogP contribution is -2.49. The quantitative estimate of drug-likeness (QED) is 0.596. The third-order valence-electron chi connectivity index (χ3n) is 6.19. The van der Waals surface area contributed by atoms with E-state index in [0.717, 1.165) is 11.1 Å². The Hall–Kier alpha value is -3.21. The Bertz CT molecular complexity index is 889. The molecule has 30 heavy (non-hydrogen) atoms. The van der Waals surface area contributed by atoms with Gasteiger partial charge in [0.25, 0.3) is 0 Å². The predicted molar refractivity (Wildman–Crippen MR) is 114 cm³/mol. The van der Waals surface area contributed by atoms with Crippen molar-refractivity contribution in [1.29, 1.82) is 0 Å². The van der Waals surface area contributed by atoms with Crippen LogP contribution in [-0.4, -0.2) is 35.2 Å². The lowest BCUT2D eigenvalue weighted by Gasteiger charge is -2.24. The van der Waals surface area contributed by atoms with Crippen molar-refractivity contribution in [2.75, 3.05) is 6.54 Å². The molecule has 1 N–H and O–H groups in total. The Morgan fingerprint density at radius 3 is 1.83 bits per heavy atom. The maximum absolute atomic E-state index is 12.9. The van der Waals surface area contributed by atoms with Crippen LogP contribution in [0, 0.1) is 11.8 Å². The Labute approximate surface area is 176 Å². The minimum absolute atomic E-state index is 0.0136. The number of hydrogen-bond acceptors (Lipinski definition) is 3. The lowest BCUT2D eigenvalue weighted by molar-refractivity contribution is -0.147. The monoisotopic (exact) mass is 402 g/mol. The summed E-state index contributed by atoms with van der Waals surface area (Å²) in [4.78, 5) is 39.6. The average molecular weight is 402 g/mol. The molecule has 0 saturated carbocycles. The fourth-order valence-electron chi connectivity index (χ4n) is 4.47. The average Bonchev–Trinajstić information content (AvgIpc) is 3.05. The summed E-state index contributed by atoms with van der Waals surface area (Å²) in [5.74, 6) is -1.40. The first-order valence-corrected chi connectivity index (χ1v) is 10.5. The zero-order chi connectivity index (χ0) is 21.1. The highest BCUT2D eigenvalue weighted by Gasteiger charge is 2.50. The second-order valence-electron chi connectivity index (χ2n) is 8.00. The standard InChI is InChI=1S/C25H26N2O3/c1-17(27-24(29)20-14-8-9-15-21(20)25(27)30)23(28)26-16-22(18-10-4-2-5-11-18)19-12-6-3-7-13-19/h2-13,17,20-22H,14-16H2,1H3,(H,26,28)/t17-,20-,21-/m0/s1. The third-order valence-corrected chi connectivity index (χ3v) is 6.19. The summed E-state index contributed by atoms with van der Waals surface area (Å²) < 4.78 is 0. The predicted octanol–water partition coefficient (Wildman–Crippen LogP) is 3.27. The highest BCUT2D eigenvalue weighted by molar-refractivity contribution is 6.08. The molecular weight excluding hydrogens is 376 g/mol. The maximum Gasteiger partial charge on any atom is 0.243 e. The Kier molecular flexibility index (Phi) is 5.79. The van der Waals surface area contributed by atoms with Gasteiger partial charge in [-0.2, -0.15) is 0 Å². The van der Waals surface area contributed by atoms with Gasteiger partial charge in [0.15, 0.2) is 0 Å². The van der Waals surface area contributed by atoms with Crippen LogP contribution in [0.15, 0.2) is 72.8 Å². The van der Waals surface area contributed by atoms with Crippen molar-refractivity contribution in [2.45, 2.75) is 31.7 Å². The molecule has 2 aliphatic rings. The van der Waals surface area contributed by atoms with Crippen molar-refractivity contribution in [3.05, 3.63) is 83.9 Å². The van der Waals surface area contributed by atoms with Crippen molar-refractivity contribution in [2.24, 2.45) is 11.8 Å². The molecule has 0 radical (unpaired) electrons. The molecule has 1 fully saturated rings. The van der Waals surface area contributed by atoms with Crippen molar-refractivity contribution in [1.82, 2.24) is 10.2 Å². The minimum atomic E-state index is -0.817. The lowest BCUT2D eigenvalue weighted by atomic mass is 9.85. The topological polar surface area (TPSA) is 66.5 Å². The van der Waals surface area contributed by atoms with E-state index in [1.807, 2.05) is 72.8 Å². The second kappa shape index (κ2) is 8.66. The molecule has 1 aliphatic heterocycles. The molecule has 1 saturated heterocycles. The Balaban J connectivity index is 1.47. The van der Waals surface area contributed by atoms with Crippen LogP contribution in [0.25, 0.3) is 0 Å². The van der Waals surface area contributed by atoms with Gasteiger partial charge in [0.05, 0.1) is 11.8 Å². The van der Waals surface area contributed by atoms with Crippen LogP contribution in [0.3, 0.4) is 0 Å². The molecule has 5 heteroatoms. The van der Waals surface area contributed by atoms with E-state index in [-0.39, 0.29) is 35.5 Å². The van der Waals surface area contributed by atoms with Gasteiger partial charge in [0.2, 0.25) is 17.7 Å². The smallest absolute Gasteiger partial charge is 0.243 e. The number of carbonyl (C=O) groups is 3. The molecule has 0 aromatic heterocycles. The number of imide groups is 1. The second-order valence-corrected chi connectivity index (χ2v) is 8.00. The van der Waals surface area contributed by atoms with Gasteiger partial charge >= 0.3 is 0 Å². The van der Waals surface area contributed by atoms with Crippen LogP contribution < -0.4 is 5.32 Å². The number of amides is 3. The molecule has 3 atom stereocenters. The first-order chi connectivity index (χ1) is 14.6. The number of rotatable bonds is 6. The summed E-state index contributed by atoms with van der Waals surface area (Å²) in [6, 6.07) is 19.2. The van der Waals surface area contributed by atoms with Crippen LogP contribution in [0.2, 0.25) is 0 Å². The molecule has 0 unspecified atom stereocenters. The van der Waals surface area contributed by atoms with Gasteiger partial charge in [-0.05, 0) is 30.9 Å². The van der Waals surface area contributed by atoms with Gasteiger partial charge in [-0.15, -0.1) is 0 Å². The molecule has 3 amide bonds. The van der Waals surface area contributed by atoms with E-state index in [1.165, 1.54) is 4.90 Å². The SMILES string of the molecule is C[C@@H](C(=O)NCC(c1ccccc1)c1ccccc1)N1C(=O)[C@H]2CC=CC[C@@H]2C1=O. The molecule has 0 bridgehead atoms. The molecule has 0 spiro atoms. The summed E-state index contributed by atoms with van der Waals surface area (Å²) in [6.07, 6.45) is 5.05. The normalized spacial score (nSPS) is 21.6. The number of allylic oxidation sites excluding steroid dienone is 2. The molecular formula is C25H26N2O3. The van der Waals surface area contributed by atoms with Gasteiger partial charge in [0.1, 0.15) is 6.04 Å². The summed E-state index contributed by atoms with van der Waals surface area (Å²) in [5, 5.41) is 2.98. The number of benzene rings is 2. The van der Waals surface area contributed by atoms with Gasteiger partial charge in [-0.1, -0.05) is 72.8 Å². The molecule has 1 aliphatic carbocycles. The van der Waals surface area contributed by atoms with Gasteiger partial charge in [-0.3, -0.25) is 19.3 Å². The van der Waals surface area contributed by atoms with Gasteiger partial charge in [-0.25, -0.2) is 0 Å². The number of fused-ring (bicyclic) bond motifs is 1. The van der Waals surface area contributed by atoms with E-state index in [0.29, 0.717) is 19.4 Å².